The second kappa shape index (κ2) is 6.38. The highest BCUT2D eigenvalue weighted by atomic mass is 32.2. The molecule has 1 saturated heterocycles. The van der Waals surface area contributed by atoms with E-state index in [0.29, 0.717) is 6.42 Å². The van der Waals surface area contributed by atoms with Gasteiger partial charge in [-0.25, -0.2) is 0 Å². The van der Waals surface area contributed by atoms with Gasteiger partial charge in [0.1, 0.15) is 6.54 Å². The molecule has 0 aromatic rings. The fourth-order valence-electron chi connectivity index (χ4n) is 2.10. The third-order valence-corrected chi connectivity index (χ3v) is 4.90. The van der Waals surface area contributed by atoms with Crippen molar-refractivity contribution in [3.8, 4) is 0 Å². The summed E-state index contributed by atoms with van der Waals surface area (Å²) in [6, 6.07) is 0.126. The smallest absolute Gasteiger partial charge is 0.317 e. The fourth-order valence-corrected chi connectivity index (χ4v) is 3.39. The van der Waals surface area contributed by atoms with Crippen LogP contribution in [0.4, 0.5) is 13.2 Å². The third kappa shape index (κ3) is 5.25. The van der Waals surface area contributed by atoms with Gasteiger partial charge in [-0.15, -0.1) is 0 Å². The van der Waals surface area contributed by atoms with Gasteiger partial charge in [0.2, 0.25) is 0 Å². The lowest BCUT2D eigenvalue weighted by Gasteiger charge is -2.34. The quantitative estimate of drug-likeness (QED) is 0.786. The van der Waals surface area contributed by atoms with Crippen LogP contribution in [0.2, 0.25) is 0 Å². The largest absolute Gasteiger partial charge is 0.402 e. The molecule has 2 atom stereocenters. The lowest BCUT2D eigenvalue weighted by Crippen LogP contribution is -2.50. The highest BCUT2D eigenvalue weighted by molar-refractivity contribution is 7.87. The van der Waals surface area contributed by atoms with Gasteiger partial charge in [0.25, 0.3) is 10.2 Å². The minimum Gasteiger partial charge on any atom is -0.317 e. The van der Waals surface area contributed by atoms with Gasteiger partial charge in [-0.3, -0.25) is 0 Å². The Morgan fingerprint density at radius 3 is 2.58 bits per heavy atom. The molecule has 0 spiro atoms. The Hall–Kier alpha value is -0.380. The number of halogens is 3. The highest BCUT2D eigenvalue weighted by Gasteiger charge is 2.34. The van der Waals surface area contributed by atoms with Crippen molar-refractivity contribution in [2.45, 2.75) is 32.0 Å². The van der Waals surface area contributed by atoms with E-state index in [1.165, 1.54) is 0 Å². The standard InChI is InChI=1S/C10H20F3N3O2S/c1-8(14-2)9-4-3-5-16(6-9)19(17,18)15-7-10(11,12)13/h8-9,14-15H,3-7H2,1-2H3. The van der Waals surface area contributed by atoms with Crippen molar-refractivity contribution in [1.29, 1.82) is 0 Å². The molecule has 2 N–H and O–H groups in total. The van der Waals surface area contributed by atoms with Crippen molar-refractivity contribution in [2.75, 3.05) is 26.7 Å². The summed E-state index contributed by atoms with van der Waals surface area (Å²) < 4.78 is 62.4. The van der Waals surface area contributed by atoms with Crippen molar-refractivity contribution in [3.05, 3.63) is 0 Å². The summed E-state index contributed by atoms with van der Waals surface area (Å²) in [5.74, 6) is 0.112. The van der Waals surface area contributed by atoms with Gasteiger partial charge in [0.15, 0.2) is 0 Å². The maximum absolute atomic E-state index is 12.1. The molecule has 1 fully saturated rings. The Balaban J connectivity index is 2.63. The Kier molecular flexibility index (Phi) is 5.60. The third-order valence-electron chi connectivity index (χ3n) is 3.38. The zero-order valence-corrected chi connectivity index (χ0v) is 11.8. The first-order valence-corrected chi connectivity index (χ1v) is 7.58. The van der Waals surface area contributed by atoms with Crippen LogP contribution in [-0.4, -0.2) is 51.6 Å². The molecule has 1 aliphatic heterocycles. The van der Waals surface area contributed by atoms with E-state index in [0.717, 1.165) is 10.7 Å². The van der Waals surface area contributed by atoms with Crippen LogP contribution in [0.15, 0.2) is 0 Å². The van der Waals surface area contributed by atoms with E-state index < -0.39 is 22.9 Å². The first-order valence-electron chi connectivity index (χ1n) is 6.14. The van der Waals surface area contributed by atoms with Crippen LogP contribution < -0.4 is 10.0 Å². The zero-order chi connectivity index (χ0) is 14.7. The highest BCUT2D eigenvalue weighted by Crippen LogP contribution is 2.22. The minimum atomic E-state index is -4.54. The summed E-state index contributed by atoms with van der Waals surface area (Å²) in [4.78, 5) is 0. The molecule has 9 heteroatoms. The number of rotatable bonds is 5. The summed E-state index contributed by atoms with van der Waals surface area (Å²) >= 11 is 0. The molecule has 0 bridgehead atoms. The van der Waals surface area contributed by atoms with Gasteiger partial charge in [-0.05, 0) is 32.7 Å². The normalized spacial score (nSPS) is 24.4. The molecule has 1 rings (SSSR count). The van der Waals surface area contributed by atoms with Crippen molar-refractivity contribution < 1.29 is 21.6 Å². The van der Waals surface area contributed by atoms with Gasteiger partial charge >= 0.3 is 6.18 Å². The predicted octanol–water partition coefficient (Wildman–Crippen LogP) is 0.703. The van der Waals surface area contributed by atoms with E-state index in [9.17, 15) is 21.6 Å². The Labute approximate surface area is 111 Å². The maximum atomic E-state index is 12.1. The van der Waals surface area contributed by atoms with Gasteiger partial charge in [0.05, 0.1) is 0 Å². The molecule has 0 saturated carbocycles. The van der Waals surface area contributed by atoms with Crippen LogP contribution in [0.5, 0.6) is 0 Å². The number of nitrogens with zero attached hydrogens (tertiary/aromatic N) is 1. The molecule has 2 unspecified atom stereocenters. The molecular weight excluding hydrogens is 283 g/mol. The van der Waals surface area contributed by atoms with E-state index in [-0.39, 0.29) is 25.0 Å². The van der Waals surface area contributed by atoms with Gasteiger partial charge < -0.3 is 5.32 Å². The first-order chi connectivity index (χ1) is 8.65. The Bertz CT molecular complexity index is 386. The molecule has 19 heavy (non-hydrogen) atoms. The van der Waals surface area contributed by atoms with E-state index in [1.54, 1.807) is 11.8 Å². The van der Waals surface area contributed by atoms with Crippen molar-refractivity contribution >= 4 is 10.2 Å². The minimum absolute atomic E-state index is 0.112. The van der Waals surface area contributed by atoms with Crippen LogP contribution in [0.1, 0.15) is 19.8 Å². The SMILES string of the molecule is CNC(C)C1CCCN(S(=O)(=O)NCC(F)(F)F)C1. The summed E-state index contributed by atoms with van der Waals surface area (Å²) in [5, 5.41) is 3.04. The lowest BCUT2D eigenvalue weighted by atomic mass is 9.93. The maximum Gasteiger partial charge on any atom is 0.402 e. The van der Waals surface area contributed by atoms with E-state index in [2.05, 4.69) is 5.32 Å². The zero-order valence-electron chi connectivity index (χ0n) is 11.0. The van der Waals surface area contributed by atoms with Crippen LogP contribution >= 0.6 is 0 Å². The Morgan fingerprint density at radius 2 is 2.05 bits per heavy atom. The lowest BCUT2D eigenvalue weighted by molar-refractivity contribution is -0.121. The summed E-state index contributed by atoms with van der Waals surface area (Å²) in [7, 11) is -2.28. The summed E-state index contributed by atoms with van der Waals surface area (Å²) in [6.45, 7) is 0.914. The molecule has 0 radical (unpaired) electrons. The van der Waals surface area contributed by atoms with Crippen LogP contribution in [0.25, 0.3) is 0 Å². The first kappa shape index (κ1) is 16.7. The summed E-state index contributed by atoms with van der Waals surface area (Å²) in [5.41, 5.74) is 0. The molecule has 0 aliphatic carbocycles. The second-order valence-corrected chi connectivity index (χ2v) is 6.53. The molecule has 5 nitrogen and oxygen atoms in total. The van der Waals surface area contributed by atoms with Gasteiger partial charge in [-0.1, -0.05) is 0 Å². The monoisotopic (exact) mass is 303 g/mol. The van der Waals surface area contributed by atoms with Gasteiger partial charge in [0, 0.05) is 19.1 Å². The molecule has 1 aliphatic rings. The number of nitrogens with one attached hydrogen (secondary N) is 2. The van der Waals surface area contributed by atoms with Crippen LogP contribution in [0.3, 0.4) is 0 Å². The topological polar surface area (TPSA) is 61.4 Å². The van der Waals surface area contributed by atoms with E-state index in [4.69, 9.17) is 0 Å². The molecule has 114 valence electrons. The molecule has 0 amide bonds. The van der Waals surface area contributed by atoms with Crippen molar-refractivity contribution in [1.82, 2.24) is 14.3 Å². The van der Waals surface area contributed by atoms with E-state index in [1.807, 2.05) is 6.92 Å². The number of hydrogen-bond donors (Lipinski definition) is 2. The predicted molar refractivity (Wildman–Crippen MR) is 65.8 cm³/mol. The Morgan fingerprint density at radius 1 is 1.42 bits per heavy atom. The van der Waals surface area contributed by atoms with Crippen molar-refractivity contribution in [3.63, 3.8) is 0 Å². The van der Waals surface area contributed by atoms with Crippen LogP contribution in [0, 0.1) is 5.92 Å². The number of alkyl halides is 3. The van der Waals surface area contributed by atoms with Crippen LogP contribution in [-0.2, 0) is 10.2 Å². The number of piperidine rings is 1. The number of hydrogen-bond acceptors (Lipinski definition) is 3. The van der Waals surface area contributed by atoms with Crippen molar-refractivity contribution in [2.24, 2.45) is 5.92 Å². The summed E-state index contributed by atoms with van der Waals surface area (Å²) in [6.07, 6.45) is -3.02. The molecule has 0 aromatic carbocycles. The molecular formula is C10H20F3N3O2S. The molecule has 1 heterocycles. The molecule has 0 aromatic heterocycles. The fraction of sp³-hybridized carbons (Fsp3) is 1.00. The van der Waals surface area contributed by atoms with Gasteiger partial charge in [-0.2, -0.15) is 30.6 Å². The average Bonchev–Trinajstić information content (AvgIpc) is 2.35. The second-order valence-electron chi connectivity index (χ2n) is 4.78. The van der Waals surface area contributed by atoms with E-state index >= 15 is 0 Å². The average molecular weight is 303 g/mol.